The molecule has 5 nitrogen and oxygen atoms in total. The van der Waals surface area contributed by atoms with Gasteiger partial charge in [0, 0.05) is 12.8 Å². The van der Waals surface area contributed by atoms with Gasteiger partial charge in [-0.1, -0.05) is 187 Å². The fourth-order valence-electron chi connectivity index (χ4n) is 5.84. The van der Waals surface area contributed by atoms with Crippen molar-refractivity contribution < 1.29 is 24.2 Å². The second-order valence-corrected chi connectivity index (χ2v) is 14.7. The zero-order valence-corrected chi connectivity index (χ0v) is 37.0. The van der Waals surface area contributed by atoms with E-state index in [-0.39, 0.29) is 25.2 Å². The second kappa shape index (κ2) is 47.7. The minimum absolute atomic E-state index is 0.0938. The van der Waals surface area contributed by atoms with Gasteiger partial charge in [0.25, 0.3) is 0 Å². The van der Waals surface area contributed by atoms with Gasteiger partial charge in [-0.2, -0.15) is 0 Å². The van der Waals surface area contributed by atoms with Crippen molar-refractivity contribution >= 4 is 11.9 Å². The number of carbonyl (C=O) groups excluding carboxylic acids is 2. The van der Waals surface area contributed by atoms with Gasteiger partial charge in [-0.15, -0.1) is 0 Å². The van der Waals surface area contributed by atoms with Gasteiger partial charge in [0.05, 0.1) is 6.61 Å². The normalized spacial score (nSPS) is 13.4. The van der Waals surface area contributed by atoms with E-state index in [1.807, 2.05) is 0 Å². The molecule has 5 heteroatoms. The summed E-state index contributed by atoms with van der Waals surface area (Å²) in [6.45, 7) is 3.86. The van der Waals surface area contributed by atoms with Gasteiger partial charge in [0.2, 0.25) is 0 Å². The van der Waals surface area contributed by atoms with Crippen molar-refractivity contribution in [2.75, 3.05) is 13.2 Å². The number of aliphatic hydroxyl groups excluding tert-OH is 1. The van der Waals surface area contributed by atoms with Crippen molar-refractivity contribution in [3.63, 3.8) is 0 Å². The molecule has 0 fully saturated rings. The minimum Gasteiger partial charge on any atom is -0.462 e. The molecule has 1 unspecified atom stereocenters. The third-order valence-corrected chi connectivity index (χ3v) is 9.25. The first kappa shape index (κ1) is 54.3. The van der Waals surface area contributed by atoms with Crippen LogP contribution in [-0.2, 0) is 19.1 Å². The van der Waals surface area contributed by atoms with Crippen molar-refractivity contribution in [1.29, 1.82) is 0 Å². The largest absolute Gasteiger partial charge is 0.462 e. The van der Waals surface area contributed by atoms with Gasteiger partial charge < -0.3 is 14.6 Å². The summed E-state index contributed by atoms with van der Waals surface area (Å²) in [4.78, 5) is 24.4. The summed E-state index contributed by atoms with van der Waals surface area (Å²) in [6, 6.07) is 0. The molecule has 0 radical (unpaired) electrons. The smallest absolute Gasteiger partial charge is 0.306 e. The molecular formula is C53H84O5. The molecule has 58 heavy (non-hydrogen) atoms. The predicted octanol–water partition coefficient (Wildman–Crippen LogP) is 15.2. The lowest BCUT2D eigenvalue weighted by Gasteiger charge is -2.15. The molecule has 0 heterocycles. The average molecular weight is 801 g/mol. The number of esters is 2. The minimum atomic E-state index is -0.798. The van der Waals surface area contributed by atoms with Gasteiger partial charge in [-0.25, -0.2) is 0 Å². The average Bonchev–Trinajstić information content (AvgIpc) is 3.23. The first-order valence-corrected chi connectivity index (χ1v) is 23.1. The third-order valence-electron chi connectivity index (χ3n) is 9.25. The standard InChI is InChI=1S/C53H84O5/c1-3-5-7-9-11-13-15-17-19-21-23-24-25-26-27-28-30-32-34-36-38-40-42-44-46-48-53(56)58-51(49-54)50-57-52(55)47-45-43-41-39-37-35-33-31-29-22-20-18-16-14-12-10-8-6-4-2/h5-8,11-14,17-20,23-24,26-27,29,31,35,37,51,54H,3-4,9-10,15-16,21-22,25,28,30,32-34,36,38-50H2,1-2H3/b7-5-,8-6-,13-11-,14-12-,19-17-,20-18-,24-23-,27-26-,31-29-,37-35-. The van der Waals surface area contributed by atoms with E-state index in [4.69, 9.17) is 9.47 Å². The highest BCUT2D eigenvalue weighted by atomic mass is 16.6. The van der Waals surface area contributed by atoms with Crippen LogP contribution in [0.2, 0.25) is 0 Å². The highest BCUT2D eigenvalue weighted by Gasteiger charge is 2.16. The maximum Gasteiger partial charge on any atom is 0.306 e. The van der Waals surface area contributed by atoms with Crippen LogP contribution in [0.3, 0.4) is 0 Å². The number of allylic oxidation sites excluding steroid dienone is 20. The Morgan fingerprint density at radius 1 is 0.397 bits per heavy atom. The first-order valence-electron chi connectivity index (χ1n) is 23.1. The molecule has 0 saturated carbocycles. The van der Waals surface area contributed by atoms with E-state index in [2.05, 4.69) is 135 Å². The maximum absolute atomic E-state index is 12.2. The number of rotatable bonds is 40. The number of hydrogen-bond acceptors (Lipinski definition) is 5. The summed E-state index contributed by atoms with van der Waals surface area (Å²) in [6.07, 6.45) is 69.8. The number of unbranched alkanes of at least 4 members (excludes halogenated alkanes) is 12. The molecule has 0 aliphatic carbocycles. The number of aliphatic hydroxyl groups is 1. The van der Waals surface area contributed by atoms with Gasteiger partial charge >= 0.3 is 11.9 Å². The lowest BCUT2D eigenvalue weighted by atomic mass is 10.1. The molecule has 0 aromatic rings. The van der Waals surface area contributed by atoms with Crippen LogP contribution in [0.5, 0.6) is 0 Å². The van der Waals surface area contributed by atoms with Gasteiger partial charge in [0.1, 0.15) is 6.61 Å². The molecule has 0 aromatic carbocycles. The van der Waals surface area contributed by atoms with Crippen LogP contribution >= 0.6 is 0 Å². The van der Waals surface area contributed by atoms with E-state index in [1.165, 1.54) is 38.5 Å². The fourth-order valence-corrected chi connectivity index (χ4v) is 5.84. The zero-order valence-electron chi connectivity index (χ0n) is 37.0. The third kappa shape index (κ3) is 45.0. The second-order valence-electron chi connectivity index (χ2n) is 14.7. The molecule has 0 spiro atoms. The van der Waals surface area contributed by atoms with Gasteiger partial charge in [0.15, 0.2) is 6.10 Å². The molecule has 0 amide bonds. The van der Waals surface area contributed by atoms with Gasteiger partial charge in [-0.05, 0) is 103 Å². The highest BCUT2D eigenvalue weighted by Crippen LogP contribution is 2.13. The molecule has 1 atom stereocenters. The molecule has 0 bridgehead atoms. The SMILES string of the molecule is CC/C=C\C/C=C\C/C=C\C/C=C\C/C=C\CCCCCCCCCCCC(=O)OC(CO)COC(=O)CCCCC/C=C\C/C=C\C/C=C\C/C=C\C/C=C\CC. The van der Waals surface area contributed by atoms with Crippen molar-refractivity contribution in [3.8, 4) is 0 Å². The highest BCUT2D eigenvalue weighted by molar-refractivity contribution is 5.70. The van der Waals surface area contributed by atoms with Crippen LogP contribution in [0, 0.1) is 0 Å². The summed E-state index contributed by atoms with van der Waals surface area (Å²) in [5, 5.41) is 9.60. The van der Waals surface area contributed by atoms with Gasteiger partial charge in [-0.3, -0.25) is 9.59 Å². The quantitative estimate of drug-likeness (QED) is 0.0380. The molecule has 0 saturated heterocycles. The van der Waals surface area contributed by atoms with E-state index >= 15 is 0 Å². The number of hydrogen-bond donors (Lipinski definition) is 1. The van der Waals surface area contributed by atoms with Crippen LogP contribution in [0.15, 0.2) is 122 Å². The Morgan fingerprint density at radius 3 is 1.05 bits per heavy atom. The Balaban J connectivity index is 3.64. The van der Waals surface area contributed by atoms with Crippen LogP contribution < -0.4 is 0 Å². The molecule has 0 aromatic heterocycles. The Morgan fingerprint density at radius 2 is 0.690 bits per heavy atom. The maximum atomic E-state index is 12.2. The van der Waals surface area contributed by atoms with Crippen molar-refractivity contribution in [1.82, 2.24) is 0 Å². The lowest BCUT2D eigenvalue weighted by Crippen LogP contribution is -2.28. The molecule has 0 aliphatic rings. The van der Waals surface area contributed by atoms with Crippen LogP contribution in [-0.4, -0.2) is 36.4 Å². The molecule has 1 N–H and O–H groups in total. The van der Waals surface area contributed by atoms with Crippen LogP contribution in [0.1, 0.15) is 181 Å². The summed E-state index contributed by atoms with van der Waals surface area (Å²) in [5.41, 5.74) is 0. The molecule has 0 rings (SSSR count). The number of carbonyl (C=O) groups is 2. The fraction of sp³-hybridized carbons (Fsp3) is 0.585. The van der Waals surface area contributed by atoms with E-state index in [1.54, 1.807) is 0 Å². The van der Waals surface area contributed by atoms with E-state index in [0.717, 1.165) is 116 Å². The summed E-state index contributed by atoms with van der Waals surface area (Å²) >= 11 is 0. The monoisotopic (exact) mass is 801 g/mol. The Hall–Kier alpha value is -3.70. The zero-order chi connectivity index (χ0) is 42.1. The topological polar surface area (TPSA) is 72.8 Å². The summed E-state index contributed by atoms with van der Waals surface area (Å²) in [5.74, 6) is -0.646. The summed E-state index contributed by atoms with van der Waals surface area (Å²) in [7, 11) is 0. The van der Waals surface area contributed by atoms with Crippen molar-refractivity contribution in [3.05, 3.63) is 122 Å². The lowest BCUT2D eigenvalue weighted by molar-refractivity contribution is -0.161. The Kier molecular flexibility index (Phi) is 44.6. The van der Waals surface area contributed by atoms with Crippen LogP contribution in [0.25, 0.3) is 0 Å². The molecule has 326 valence electrons. The molecule has 0 aliphatic heterocycles. The Bertz CT molecular complexity index is 1220. The summed E-state index contributed by atoms with van der Waals surface area (Å²) < 4.78 is 10.6. The predicted molar refractivity (Wildman–Crippen MR) is 251 cm³/mol. The first-order chi connectivity index (χ1) is 28.6. The Labute approximate surface area is 356 Å². The van der Waals surface area contributed by atoms with E-state index in [9.17, 15) is 14.7 Å². The molecular weight excluding hydrogens is 717 g/mol. The van der Waals surface area contributed by atoms with Crippen LogP contribution in [0.4, 0.5) is 0 Å². The van der Waals surface area contributed by atoms with E-state index in [0.29, 0.717) is 12.8 Å². The number of ether oxygens (including phenoxy) is 2. The van der Waals surface area contributed by atoms with Crippen molar-refractivity contribution in [2.45, 2.75) is 187 Å². The van der Waals surface area contributed by atoms with Crippen molar-refractivity contribution in [2.24, 2.45) is 0 Å². The van der Waals surface area contributed by atoms with E-state index < -0.39 is 6.10 Å².